The van der Waals surface area contributed by atoms with Gasteiger partial charge in [-0.2, -0.15) is 5.10 Å². The van der Waals surface area contributed by atoms with E-state index < -0.39 is 15.9 Å². The first-order valence-electron chi connectivity index (χ1n) is 8.41. The smallest absolute Gasteiger partial charge is 0.273 e. The highest BCUT2D eigenvalue weighted by Crippen LogP contribution is 2.32. The first-order chi connectivity index (χ1) is 14.0. The van der Waals surface area contributed by atoms with Gasteiger partial charge in [0.05, 0.1) is 17.5 Å². The van der Waals surface area contributed by atoms with Crippen LogP contribution in [0.5, 0.6) is 11.5 Å². The Balaban J connectivity index is 1.48. The molecule has 0 radical (unpaired) electrons. The number of thiophene rings is 1. The monoisotopic (exact) mass is 429 g/mol. The van der Waals surface area contributed by atoms with Crippen LogP contribution in [0.2, 0.25) is 0 Å². The highest BCUT2D eigenvalue weighted by molar-refractivity contribution is 7.94. The molecule has 1 aliphatic rings. The van der Waals surface area contributed by atoms with Crippen molar-refractivity contribution in [3.63, 3.8) is 0 Å². The van der Waals surface area contributed by atoms with Gasteiger partial charge in [-0.05, 0) is 47.3 Å². The van der Waals surface area contributed by atoms with Gasteiger partial charge in [0.25, 0.3) is 15.9 Å². The van der Waals surface area contributed by atoms with Gasteiger partial charge in [0, 0.05) is 0 Å². The van der Waals surface area contributed by atoms with Crippen molar-refractivity contribution in [2.24, 2.45) is 5.10 Å². The number of carbonyl (C=O) groups is 1. The number of nitrogens with one attached hydrogen (secondary N) is 2. The first-order valence-corrected chi connectivity index (χ1v) is 10.8. The molecule has 2 aromatic carbocycles. The standard InChI is InChI=1S/C19H15N3O5S2/c23-19(21-20-11-13-7-8-16-17(10-13)27-12-26-16)14-4-1-2-5-15(14)22-29(24,25)18-6-3-9-28-18/h1-11,22H,12H2,(H,21,23). The van der Waals surface area contributed by atoms with Crippen molar-refractivity contribution in [3.05, 3.63) is 71.1 Å². The van der Waals surface area contributed by atoms with Crippen LogP contribution in [0.25, 0.3) is 0 Å². The summed E-state index contributed by atoms with van der Waals surface area (Å²) < 4.78 is 38.0. The molecule has 0 atom stereocenters. The molecular weight excluding hydrogens is 414 g/mol. The number of nitrogens with zero attached hydrogens (tertiary/aromatic N) is 1. The van der Waals surface area contributed by atoms with Crippen molar-refractivity contribution < 1.29 is 22.7 Å². The number of rotatable bonds is 6. The highest BCUT2D eigenvalue weighted by atomic mass is 32.2. The SMILES string of the molecule is O=C(NN=Cc1ccc2c(c1)OCO2)c1ccccc1NS(=O)(=O)c1cccs1. The number of anilines is 1. The number of ether oxygens (including phenoxy) is 2. The van der Waals surface area contributed by atoms with Crippen LogP contribution >= 0.6 is 11.3 Å². The van der Waals surface area contributed by atoms with Gasteiger partial charge in [-0.25, -0.2) is 13.8 Å². The summed E-state index contributed by atoms with van der Waals surface area (Å²) in [5.74, 6) is 0.707. The van der Waals surface area contributed by atoms with Crippen molar-refractivity contribution in [2.45, 2.75) is 4.21 Å². The molecule has 148 valence electrons. The van der Waals surface area contributed by atoms with E-state index >= 15 is 0 Å². The summed E-state index contributed by atoms with van der Waals surface area (Å²) in [6.07, 6.45) is 1.46. The molecule has 1 aromatic heterocycles. The molecule has 2 heterocycles. The number of amides is 1. The molecule has 0 fully saturated rings. The molecule has 29 heavy (non-hydrogen) atoms. The van der Waals surface area contributed by atoms with Crippen LogP contribution in [0.1, 0.15) is 15.9 Å². The predicted octanol–water partition coefficient (Wildman–Crippen LogP) is 3.04. The number of hydrazone groups is 1. The van der Waals surface area contributed by atoms with Crippen LogP contribution in [0.3, 0.4) is 0 Å². The average molecular weight is 429 g/mol. The van der Waals surface area contributed by atoms with Gasteiger partial charge in [-0.3, -0.25) is 9.52 Å². The maximum absolute atomic E-state index is 12.5. The van der Waals surface area contributed by atoms with E-state index in [2.05, 4.69) is 15.2 Å². The van der Waals surface area contributed by atoms with E-state index in [0.717, 1.165) is 11.3 Å². The number of hydrogen-bond acceptors (Lipinski definition) is 7. The van der Waals surface area contributed by atoms with Gasteiger partial charge in [0.15, 0.2) is 11.5 Å². The number of hydrogen-bond donors (Lipinski definition) is 2. The van der Waals surface area contributed by atoms with Gasteiger partial charge >= 0.3 is 0 Å². The topological polar surface area (TPSA) is 106 Å². The Kier molecular flexibility index (Phi) is 5.19. The van der Waals surface area contributed by atoms with Crippen molar-refractivity contribution in [2.75, 3.05) is 11.5 Å². The second kappa shape index (κ2) is 7.94. The summed E-state index contributed by atoms with van der Waals surface area (Å²) in [6, 6.07) is 14.7. The quantitative estimate of drug-likeness (QED) is 0.463. The number of benzene rings is 2. The Morgan fingerprint density at radius 3 is 2.72 bits per heavy atom. The minimum atomic E-state index is -3.77. The summed E-state index contributed by atoms with van der Waals surface area (Å²) in [4.78, 5) is 12.5. The van der Waals surface area contributed by atoms with Gasteiger partial charge in [-0.1, -0.05) is 18.2 Å². The zero-order valence-corrected chi connectivity index (χ0v) is 16.5. The Morgan fingerprint density at radius 2 is 1.90 bits per heavy atom. The summed E-state index contributed by atoms with van der Waals surface area (Å²) in [5.41, 5.74) is 3.42. The van der Waals surface area contributed by atoms with E-state index in [0.29, 0.717) is 17.1 Å². The van der Waals surface area contributed by atoms with E-state index in [9.17, 15) is 13.2 Å². The normalized spacial score (nSPS) is 12.8. The number of fused-ring (bicyclic) bond motifs is 1. The molecule has 0 aliphatic carbocycles. The van der Waals surface area contributed by atoms with E-state index in [-0.39, 0.29) is 22.3 Å². The minimum absolute atomic E-state index is 0.149. The second-order valence-corrected chi connectivity index (χ2v) is 8.75. The van der Waals surface area contributed by atoms with E-state index in [1.807, 2.05) is 0 Å². The fourth-order valence-corrected chi connectivity index (χ4v) is 4.67. The lowest BCUT2D eigenvalue weighted by atomic mass is 10.2. The highest BCUT2D eigenvalue weighted by Gasteiger charge is 2.19. The number of para-hydroxylation sites is 1. The fraction of sp³-hybridized carbons (Fsp3) is 0.0526. The number of carbonyl (C=O) groups excluding carboxylic acids is 1. The van der Waals surface area contributed by atoms with E-state index in [1.54, 1.807) is 41.8 Å². The molecule has 4 rings (SSSR count). The Bertz CT molecular complexity index is 1170. The fourth-order valence-electron chi connectivity index (χ4n) is 2.60. The Labute approximate surface area is 170 Å². The summed E-state index contributed by atoms with van der Waals surface area (Å²) in [6.45, 7) is 0.171. The van der Waals surface area contributed by atoms with Crippen LogP contribution in [0.15, 0.2) is 69.3 Å². The maximum atomic E-state index is 12.5. The molecule has 0 saturated heterocycles. The first kappa shape index (κ1) is 19.0. The van der Waals surface area contributed by atoms with Crippen molar-refractivity contribution in [3.8, 4) is 11.5 Å². The van der Waals surface area contributed by atoms with Gasteiger partial charge in [0.2, 0.25) is 6.79 Å². The van der Waals surface area contributed by atoms with Crippen LogP contribution in [0.4, 0.5) is 5.69 Å². The molecule has 1 amide bonds. The van der Waals surface area contributed by atoms with Crippen LogP contribution in [-0.2, 0) is 10.0 Å². The molecule has 8 nitrogen and oxygen atoms in total. The molecule has 10 heteroatoms. The van der Waals surface area contributed by atoms with E-state index in [4.69, 9.17) is 9.47 Å². The Morgan fingerprint density at radius 1 is 1.07 bits per heavy atom. The van der Waals surface area contributed by atoms with Gasteiger partial charge in [0.1, 0.15) is 4.21 Å². The van der Waals surface area contributed by atoms with Gasteiger partial charge < -0.3 is 9.47 Å². The molecule has 0 saturated carbocycles. The zero-order valence-electron chi connectivity index (χ0n) is 14.9. The lowest BCUT2D eigenvalue weighted by molar-refractivity contribution is 0.0956. The van der Waals surface area contributed by atoms with Crippen LogP contribution < -0.4 is 19.6 Å². The van der Waals surface area contributed by atoms with E-state index in [1.165, 1.54) is 24.4 Å². The molecule has 0 unspecified atom stereocenters. The summed E-state index contributed by atoms with van der Waals surface area (Å²) >= 11 is 1.09. The molecular formula is C19H15N3O5S2. The summed E-state index contributed by atoms with van der Waals surface area (Å²) in [7, 11) is -3.77. The van der Waals surface area contributed by atoms with Crippen molar-refractivity contribution >= 4 is 39.2 Å². The third kappa shape index (κ3) is 4.23. The Hall–Kier alpha value is -3.37. The maximum Gasteiger partial charge on any atom is 0.273 e. The van der Waals surface area contributed by atoms with Gasteiger partial charge in [-0.15, -0.1) is 11.3 Å². The van der Waals surface area contributed by atoms with Crippen LogP contribution in [-0.4, -0.2) is 27.3 Å². The lowest BCUT2D eigenvalue weighted by Gasteiger charge is -2.10. The third-order valence-electron chi connectivity index (χ3n) is 3.95. The predicted molar refractivity (Wildman–Crippen MR) is 109 cm³/mol. The van der Waals surface area contributed by atoms with Crippen molar-refractivity contribution in [1.29, 1.82) is 0 Å². The minimum Gasteiger partial charge on any atom is -0.454 e. The zero-order chi connectivity index (χ0) is 20.3. The second-order valence-electron chi connectivity index (χ2n) is 5.89. The molecule has 1 aliphatic heterocycles. The van der Waals surface area contributed by atoms with Crippen molar-refractivity contribution in [1.82, 2.24) is 5.43 Å². The molecule has 0 bridgehead atoms. The number of sulfonamides is 1. The summed E-state index contributed by atoms with van der Waals surface area (Å²) in [5, 5.41) is 5.60. The lowest BCUT2D eigenvalue weighted by Crippen LogP contribution is -2.21. The van der Waals surface area contributed by atoms with Crippen LogP contribution in [0, 0.1) is 0 Å². The third-order valence-corrected chi connectivity index (χ3v) is 6.72. The molecule has 2 N–H and O–H groups in total. The largest absolute Gasteiger partial charge is 0.454 e. The molecule has 3 aromatic rings. The average Bonchev–Trinajstić information content (AvgIpc) is 3.40. The molecule has 0 spiro atoms.